The molecular formula is C18H27NO3S. The molecule has 1 saturated heterocycles. The number of carbonyl (C=O) groups is 1. The predicted molar refractivity (Wildman–Crippen MR) is 94.8 cm³/mol. The minimum atomic E-state index is 0.0984. The molecule has 1 heterocycles. The van der Waals surface area contributed by atoms with E-state index in [0.717, 1.165) is 31.6 Å². The summed E-state index contributed by atoms with van der Waals surface area (Å²) in [4.78, 5) is 11.7. The molecule has 0 saturated carbocycles. The first-order valence-corrected chi connectivity index (χ1v) is 9.49. The van der Waals surface area contributed by atoms with Gasteiger partial charge in [-0.15, -0.1) is 11.8 Å². The zero-order valence-electron chi connectivity index (χ0n) is 13.9. The van der Waals surface area contributed by atoms with Crippen LogP contribution in [-0.2, 0) is 20.0 Å². The summed E-state index contributed by atoms with van der Waals surface area (Å²) in [6.07, 6.45) is 3.38. The van der Waals surface area contributed by atoms with Crippen LogP contribution in [-0.4, -0.2) is 44.1 Å². The second-order valence-electron chi connectivity index (χ2n) is 5.89. The number of benzene rings is 1. The van der Waals surface area contributed by atoms with Gasteiger partial charge in [0.2, 0.25) is 5.91 Å². The lowest BCUT2D eigenvalue weighted by molar-refractivity contribution is -0.118. The Morgan fingerprint density at radius 1 is 1.39 bits per heavy atom. The third-order valence-electron chi connectivity index (χ3n) is 3.74. The molecule has 1 aliphatic heterocycles. The molecule has 1 aliphatic rings. The fourth-order valence-electron chi connectivity index (χ4n) is 2.39. The quantitative estimate of drug-likeness (QED) is 0.667. The number of ether oxygens (including phenoxy) is 2. The number of hydrogen-bond acceptors (Lipinski definition) is 4. The number of aryl methyl sites for hydroxylation is 1. The van der Waals surface area contributed by atoms with E-state index in [-0.39, 0.29) is 12.0 Å². The lowest BCUT2D eigenvalue weighted by Gasteiger charge is -2.10. The average Bonchev–Trinajstić information content (AvgIpc) is 3.06. The maximum absolute atomic E-state index is 11.7. The first kappa shape index (κ1) is 18.3. The van der Waals surface area contributed by atoms with E-state index in [9.17, 15) is 4.79 Å². The zero-order chi connectivity index (χ0) is 16.3. The van der Waals surface area contributed by atoms with Crippen molar-refractivity contribution in [3.8, 4) is 0 Å². The van der Waals surface area contributed by atoms with Crippen molar-refractivity contribution < 1.29 is 14.3 Å². The molecule has 23 heavy (non-hydrogen) atoms. The van der Waals surface area contributed by atoms with Gasteiger partial charge >= 0.3 is 0 Å². The zero-order valence-corrected chi connectivity index (χ0v) is 14.7. The maximum atomic E-state index is 11.7. The number of carbonyl (C=O) groups excluding carboxylic acids is 1. The summed E-state index contributed by atoms with van der Waals surface area (Å²) < 4.78 is 11.1. The molecule has 1 atom stereocenters. The molecule has 2 rings (SSSR count). The van der Waals surface area contributed by atoms with Crippen molar-refractivity contribution in [1.29, 1.82) is 0 Å². The van der Waals surface area contributed by atoms with Crippen LogP contribution >= 0.6 is 11.8 Å². The molecule has 1 N–H and O–H groups in total. The molecule has 0 spiro atoms. The van der Waals surface area contributed by atoms with Crippen molar-refractivity contribution in [2.24, 2.45) is 0 Å². The Bertz CT molecular complexity index is 458. The van der Waals surface area contributed by atoms with E-state index in [4.69, 9.17) is 9.47 Å². The van der Waals surface area contributed by atoms with E-state index in [1.807, 2.05) is 0 Å². The monoisotopic (exact) mass is 337 g/mol. The van der Waals surface area contributed by atoms with Gasteiger partial charge in [-0.2, -0.15) is 0 Å². The second kappa shape index (κ2) is 10.7. The Kier molecular flexibility index (Phi) is 8.50. The highest BCUT2D eigenvalue weighted by Gasteiger charge is 2.14. The van der Waals surface area contributed by atoms with Crippen LogP contribution in [0.3, 0.4) is 0 Å². The highest BCUT2D eigenvalue weighted by molar-refractivity contribution is 7.99. The fourth-order valence-corrected chi connectivity index (χ4v) is 3.21. The normalized spacial score (nSPS) is 17.3. The van der Waals surface area contributed by atoms with Crippen molar-refractivity contribution in [2.45, 2.75) is 38.0 Å². The van der Waals surface area contributed by atoms with Crippen LogP contribution in [0.4, 0.5) is 0 Å². The number of amides is 1. The summed E-state index contributed by atoms with van der Waals surface area (Å²) >= 11 is 1.65. The molecule has 5 heteroatoms. The lowest BCUT2D eigenvalue weighted by Crippen LogP contribution is -2.27. The minimum absolute atomic E-state index is 0.0984. The van der Waals surface area contributed by atoms with Crippen molar-refractivity contribution in [2.75, 3.05) is 32.1 Å². The highest BCUT2D eigenvalue weighted by Crippen LogP contribution is 2.13. The molecule has 0 aromatic heterocycles. The molecular weight excluding hydrogens is 310 g/mol. The van der Waals surface area contributed by atoms with Crippen LogP contribution in [0.1, 0.15) is 30.4 Å². The van der Waals surface area contributed by atoms with Crippen molar-refractivity contribution in [1.82, 2.24) is 5.32 Å². The summed E-state index contributed by atoms with van der Waals surface area (Å²) in [7, 11) is 0. The average molecular weight is 337 g/mol. The first-order valence-electron chi connectivity index (χ1n) is 8.33. The SMILES string of the molecule is Cc1ccc(CSCC(=O)NCCCOCC2CCCO2)cc1. The Balaban J connectivity index is 1.43. The van der Waals surface area contributed by atoms with Gasteiger partial charge in [-0.1, -0.05) is 29.8 Å². The Labute approximate surface area is 143 Å². The van der Waals surface area contributed by atoms with Gasteiger partial charge in [-0.25, -0.2) is 0 Å². The van der Waals surface area contributed by atoms with Crippen LogP contribution < -0.4 is 5.32 Å². The molecule has 128 valence electrons. The van der Waals surface area contributed by atoms with Gasteiger partial charge in [0.25, 0.3) is 0 Å². The Morgan fingerprint density at radius 3 is 2.96 bits per heavy atom. The van der Waals surface area contributed by atoms with E-state index in [0.29, 0.717) is 25.5 Å². The van der Waals surface area contributed by atoms with Crippen LogP contribution in [0.2, 0.25) is 0 Å². The summed E-state index contributed by atoms with van der Waals surface area (Å²) in [6, 6.07) is 8.44. The smallest absolute Gasteiger partial charge is 0.230 e. The van der Waals surface area contributed by atoms with E-state index >= 15 is 0 Å². The van der Waals surface area contributed by atoms with E-state index < -0.39 is 0 Å². The number of hydrogen-bond donors (Lipinski definition) is 1. The van der Waals surface area contributed by atoms with Gasteiger partial charge in [-0.3, -0.25) is 4.79 Å². The maximum Gasteiger partial charge on any atom is 0.230 e. The van der Waals surface area contributed by atoms with Gasteiger partial charge in [0.1, 0.15) is 0 Å². The molecule has 0 bridgehead atoms. The molecule has 0 radical (unpaired) electrons. The van der Waals surface area contributed by atoms with Gasteiger partial charge in [0.05, 0.1) is 18.5 Å². The molecule has 1 aromatic rings. The van der Waals surface area contributed by atoms with Crippen molar-refractivity contribution >= 4 is 17.7 Å². The third kappa shape index (κ3) is 7.86. The highest BCUT2D eigenvalue weighted by atomic mass is 32.2. The number of thioether (sulfide) groups is 1. The van der Waals surface area contributed by atoms with Crippen LogP contribution in [0, 0.1) is 6.92 Å². The predicted octanol–water partition coefficient (Wildman–Crippen LogP) is 2.93. The van der Waals surface area contributed by atoms with Gasteiger partial charge in [0.15, 0.2) is 0 Å². The summed E-state index contributed by atoms with van der Waals surface area (Å²) in [5.41, 5.74) is 2.52. The van der Waals surface area contributed by atoms with Crippen LogP contribution in [0.25, 0.3) is 0 Å². The Hall–Kier alpha value is -1.04. The molecule has 1 amide bonds. The van der Waals surface area contributed by atoms with Crippen LogP contribution in [0.15, 0.2) is 24.3 Å². The molecule has 1 unspecified atom stereocenters. The third-order valence-corrected chi connectivity index (χ3v) is 4.74. The van der Waals surface area contributed by atoms with Gasteiger partial charge in [-0.05, 0) is 31.7 Å². The van der Waals surface area contributed by atoms with Gasteiger partial charge < -0.3 is 14.8 Å². The number of rotatable bonds is 10. The fraction of sp³-hybridized carbons (Fsp3) is 0.611. The largest absolute Gasteiger partial charge is 0.379 e. The molecule has 1 fully saturated rings. The topological polar surface area (TPSA) is 47.6 Å². The Morgan fingerprint density at radius 2 is 2.22 bits per heavy atom. The van der Waals surface area contributed by atoms with Crippen molar-refractivity contribution in [3.05, 3.63) is 35.4 Å². The molecule has 0 aliphatic carbocycles. The first-order chi connectivity index (χ1) is 11.2. The van der Waals surface area contributed by atoms with E-state index in [2.05, 4.69) is 36.5 Å². The number of nitrogens with one attached hydrogen (secondary N) is 1. The standard InChI is InChI=1S/C18H27NO3S/c1-15-5-7-16(8-6-15)13-23-14-18(20)19-9-3-10-21-12-17-4-2-11-22-17/h5-8,17H,2-4,9-14H2,1H3,(H,19,20). The minimum Gasteiger partial charge on any atom is -0.379 e. The van der Waals surface area contributed by atoms with Gasteiger partial charge in [0, 0.05) is 25.5 Å². The molecule has 1 aromatic carbocycles. The molecule has 4 nitrogen and oxygen atoms in total. The lowest BCUT2D eigenvalue weighted by atomic mass is 10.2. The van der Waals surface area contributed by atoms with E-state index in [1.165, 1.54) is 11.1 Å². The van der Waals surface area contributed by atoms with Crippen LogP contribution in [0.5, 0.6) is 0 Å². The van der Waals surface area contributed by atoms with Crippen molar-refractivity contribution in [3.63, 3.8) is 0 Å². The van der Waals surface area contributed by atoms with E-state index in [1.54, 1.807) is 11.8 Å². The summed E-state index contributed by atoms with van der Waals surface area (Å²) in [5.74, 6) is 1.48. The summed E-state index contributed by atoms with van der Waals surface area (Å²) in [5, 5.41) is 2.94. The second-order valence-corrected chi connectivity index (χ2v) is 6.88. The summed E-state index contributed by atoms with van der Waals surface area (Å²) in [6.45, 7) is 4.98.